The van der Waals surface area contributed by atoms with E-state index in [1.807, 2.05) is 0 Å². The molecule has 0 aliphatic carbocycles. The van der Waals surface area contributed by atoms with Crippen LogP contribution < -0.4 is 4.74 Å². The first-order valence-corrected chi connectivity index (χ1v) is 5.79. The van der Waals surface area contributed by atoms with Gasteiger partial charge < -0.3 is 14.6 Å². The van der Waals surface area contributed by atoms with Gasteiger partial charge in [0.1, 0.15) is 5.75 Å². The molecule has 1 atom stereocenters. The van der Waals surface area contributed by atoms with Crippen LogP contribution in [0, 0.1) is 0 Å². The third-order valence-corrected chi connectivity index (χ3v) is 2.83. The third kappa shape index (κ3) is 2.94. The molecule has 1 aliphatic heterocycles. The van der Waals surface area contributed by atoms with Gasteiger partial charge in [-0.05, 0) is 18.2 Å². The summed E-state index contributed by atoms with van der Waals surface area (Å²) in [7, 11) is 0. The van der Waals surface area contributed by atoms with Crippen molar-refractivity contribution in [2.75, 3.05) is 0 Å². The summed E-state index contributed by atoms with van der Waals surface area (Å²) in [6, 6.07) is 2.49. The fourth-order valence-electron chi connectivity index (χ4n) is 1.63. The maximum absolute atomic E-state index is 12.8. The molecule has 1 N–H and O–H groups in total. The predicted octanol–water partition coefficient (Wildman–Crippen LogP) is 4.35. The Hall–Kier alpha value is -1.60. The van der Waals surface area contributed by atoms with Crippen LogP contribution in [0.1, 0.15) is 5.56 Å². The molecule has 4 nitrogen and oxygen atoms in total. The Bertz CT molecular complexity index is 598. The lowest BCUT2D eigenvalue weighted by Gasteiger charge is -2.28. The Morgan fingerprint density at radius 1 is 1.35 bits per heavy atom. The number of carbonyl (C=O) groups is 1. The highest BCUT2D eigenvalue weighted by Gasteiger charge is 2.48. The molecule has 108 valence electrons. The number of fused-ring (bicyclic) bond motifs is 1. The summed E-state index contributed by atoms with van der Waals surface area (Å²) in [5.74, 6) is -1.15. The molecule has 20 heavy (non-hydrogen) atoms. The van der Waals surface area contributed by atoms with Crippen molar-refractivity contribution in [3.8, 4) is 5.75 Å². The van der Waals surface area contributed by atoms with Crippen molar-refractivity contribution >= 4 is 35.4 Å². The van der Waals surface area contributed by atoms with Crippen LogP contribution in [-0.4, -0.2) is 23.5 Å². The van der Waals surface area contributed by atoms with Crippen molar-refractivity contribution in [3.63, 3.8) is 0 Å². The Labute approximate surface area is 120 Å². The summed E-state index contributed by atoms with van der Waals surface area (Å²) in [4.78, 5) is 10.4. The van der Waals surface area contributed by atoms with E-state index in [1.165, 1.54) is 12.1 Å². The van der Waals surface area contributed by atoms with Crippen LogP contribution >= 0.6 is 23.2 Å². The molecule has 1 aromatic rings. The molecule has 0 fully saturated rings. The van der Waals surface area contributed by atoms with Crippen molar-refractivity contribution in [1.82, 2.24) is 0 Å². The number of ether oxygens (including phenoxy) is 2. The molecular weight excluding hydrogens is 324 g/mol. The first-order valence-electron chi connectivity index (χ1n) is 5.03. The van der Waals surface area contributed by atoms with E-state index in [2.05, 4.69) is 4.74 Å². The van der Waals surface area contributed by atoms with Crippen LogP contribution in [0.3, 0.4) is 0 Å². The molecule has 0 amide bonds. The van der Waals surface area contributed by atoms with E-state index in [0.29, 0.717) is 0 Å². The minimum atomic E-state index is -4.86. The van der Waals surface area contributed by atoms with Gasteiger partial charge in [-0.1, -0.05) is 23.2 Å². The summed E-state index contributed by atoms with van der Waals surface area (Å²) in [6.45, 7) is 0. The Kier molecular flexibility index (Phi) is 3.75. The fourth-order valence-corrected chi connectivity index (χ4v) is 2.18. The molecule has 0 aromatic heterocycles. The summed E-state index contributed by atoms with van der Waals surface area (Å²) < 4.78 is 47.4. The van der Waals surface area contributed by atoms with Crippen LogP contribution in [-0.2, 0) is 4.74 Å². The molecule has 0 spiro atoms. The molecule has 2 rings (SSSR count). The second kappa shape index (κ2) is 5.06. The highest BCUT2D eigenvalue weighted by molar-refractivity contribution is 6.36. The van der Waals surface area contributed by atoms with Crippen molar-refractivity contribution in [2.45, 2.75) is 12.3 Å². The van der Waals surface area contributed by atoms with Gasteiger partial charge in [-0.3, -0.25) is 0 Å². The lowest BCUT2D eigenvalue weighted by molar-refractivity contribution is -0.191. The molecule has 1 aliphatic rings. The summed E-state index contributed by atoms with van der Waals surface area (Å²) >= 11 is 11.5. The highest BCUT2D eigenvalue weighted by Crippen LogP contribution is 2.42. The quantitative estimate of drug-likeness (QED) is 0.778. The molecule has 9 heteroatoms. The molecule has 0 saturated heterocycles. The van der Waals surface area contributed by atoms with E-state index in [9.17, 15) is 18.0 Å². The maximum Gasteiger partial charge on any atom is 0.511 e. The van der Waals surface area contributed by atoms with Crippen molar-refractivity contribution < 1.29 is 32.5 Å². The van der Waals surface area contributed by atoms with Gasteiger partial charge in [0.2, 0.25) is 0 Å². The number of benzene rings is 1. The first kappa shape index (κ1) is 14.8. The van der Waals surface area contributed by atoms with Crippen molar-refractivity contribution in [3.05, 3.63) is 33.5 Å². The number of halogens is 5. The highest BCUT2D eigenvalue weighted by atomic mass is 35.5. The van der Waals surface area contributed by atoms with E-state index in [0.717, 1.165) is 6.08 Å². The Morgan fingerprint density at radius 2 is 2.00 bits per heavy atom. The number of hydrogen-bond acceptors (Lipinski definition) is 3. The monoisotopic (exact) mass is 328 g/mol. The van der Waals surface area contributed by atoms with E-state index < -0.39 is 24.2 Å². The molecule has 1 heterocycles. The van der Waals surface area contributed by atoms with Crippen molar-refractivity contribution in [1.29, 1.82) is 0 Å². The topological polar surface area (TPSA) is 55.8 Å². The lowest BCUT2D eigenvalue weighted by atomic mass is 10.1. The van der Waals surface area contributed by atoms with Crippen molar-refractivity contribution in [2.24, 2.45) is 0 Å². The van der Waals surface area contributed by atoms with Gasteiger partial charge in [0.05, 0.1) is 5.02 Å². The fraction of sp³-hybridized carbons (Fsp3) is 0.182. The average molecular weight is 329 g/mol. The van der Waals surface area contributed by atoms with Gasteiger partial charge in [0.25, 0.3) is 6.10 Å². The summed E-state index contributed by atoms with van der Waals surface area (Å²) in [5, 5.41) is 8.51. The maximum atomic E-state index is 12.8. The van der Waals surface area contributed by atoms with Crippen LogP contribution in [0.5, 0.6) is 5.75 Å². The van der Waals surface area contributed by atoms with E-state index in [4.69, 9.17) is 33.0 Å². The average Bonchev–Trinajstić information content (AvgIpc) is 2.25. The standard InChI is InChI=1S/C11H5Cl2F3O4/c12-5-1-4-2-7(19-10(17)18)9(11(14,15)16)20-8(4)6(13)3-5/h1-3,9H,(H,17,18). The molecule has 1 aromatic carbocycles. The smallest absolute Gasteiger partial charge is 0.471 e. The van der Waals surface area contributed by atoms with Gasteiger partial charge >= 0.3 is 12.3 Å². The predicted molar refractivity (Wildman–Crippen MR) is 64.0 cm³/mol. The summed E-state index contributed by atoms with van der Waals surface area (Å²) in [6.07, 6.45) is -8.42. The number of rotatable bonds is 1. The minimum absolute atomic E-state index is 0.0965. The van der Waals surface area contributed by atoms with Gasteiger partial charge in [-0.2, -0.15) is 13.2 Å². The van der Waals surface area contributed by atoms with Gasteiger partial charge in [0.15, 0.2) is 5.76 Å². The zero-order valence-electron chi connectivity index (χ0n) is 9.37. The number of carboxylic acid groups (broad SMARTS) is 1. The van der Waals surface area contributed by atoms with Gasteiger partial charge in [-0.25, -0.2) is 4.79 Å². The van der Waals surface area contributed by atoms with Crippen LogP contribution in [0.4, 0.5) is 18.0 Å². The molecular formula is C11H5Cl2F3O4. The normalized spacial score (nSPS) is 17.9. The van der Waals surface area contributed by atoms with Gasteiger partial charge in [-0.15, -0.1) is 0 Å². The van der Waals surface area contributed by atoms with Crippen LogP contribution in [0.15, 0.2) is 17.9 Å². The molecule has 0 saturated carbocycles. The molecule has 0 bridgehead atoms. The molecule has 1 unspecified atom stereocenters. The van der Waals surface area contributed by atoms with E-state index in [1.54, 1.807) is 0 Å². The van der Waals surface area contributed by atoms with Crippen LogP contribution in [0.25, 0.3) is 6.08 Å². The Balaban J connectivity index is 2.53. The molecule has 0 radical (unpaired) electrons. The lowest BCUT2D eigenvalue weighted by Crippen LogP contribution is -2.39. The zero-order valence-corrected chi connectivity index (χ0v) is 10.9. The third-order valence-electron chi connectivity index (χ3n) is 2.33. The largest absolute Gasteiger partial charge is 0.511 e. The second-order valence-electron chi connectivity index (χ2n) is 3.76. The SMILES string of the molecule is O=C(O)OC1=Cc2cc(Cl)cc(Cl)c2OC1C(F)(F)F. The second-order valence-corrected chi connectivity index (χ2v) is 4.60. The zero-order chi connectivity index (χ0) is 15.1. The summed E-state index contributed by atoms with van der Waals surface area (Å²) in [5.41, 5.74) is 0.0965. The number of alkyl halides is 3. The van der Waals surface area contributed by atoms with E-state index in [-0.39, 0.29) is 21.4 Å². The van der Waals surface area contributed by atoms with Gasteiger partial charge in [0, 0.05) is 10.6 Å². The first-order chi connectivity index (χ1) is 9.18. The minimum Gasteiger partial charge on any atom is -0.471 e. The van der Waals surface area contributed by atoms with Crippen LogP contribution in [0.2, 0.25) is 10.0 Å². The number of hydrogen-bond donors (Lipinski definition) is 1. The van der Waals surface area contributed by atoms with E-state index >= 15 is 0 Å². The Morgan fingerprint density at radius 3 is 2.55 bits per heavy atom.